The Morgan fingerprint density at radius 3 is 2.89 bits per heavy atom. The lowest BCUT2D eigenvalue weighted by molar-refractivity contribution is 0.115. The number of nitrogen functional groups attached to an aromatic ring is 1. The zero-order chi connectivity index (χ0) is 13.7. The van der Waals surface area contributed by atoms with Gasteiger partial charge in [-0.3, -0.25) is 0 Å². The van der Waals surface area contributed by atoms with Crippen molar-refractivity contribution in [3.8, 4) is 0 Å². The molecule has 1 atom stereocenters. The van der Waals surface area contributed by atoms with Crippen LogP contribution in [0.3, 0.4) is 0 Å². The van der Waals surface area contributed by atoms with E-state index in [1.54, 1.807) is 0 Å². The van der Waals surface area contributed by atoms with E-state index in [-0.39, 0.29) is 0 Å². The lowest BCUT2D eigenvalue weighted by Gasteiger charge is -2.25. The minimum atomic E-state index is 0.314. The lowest BCUT2D eigenvalue weighted by atomic mass is 10.2. The molecule has 0 spiro atoms. The first-order chi connectivity index (χ1) is 9.26. The predicted molar refractivity (Wildman–Crippen MR) is 76.1 cm³/mol. The number of rotatable bonds is 6. The molecular weight excluding hydrogens is 242 g/mol. The van der Waals surface area contributed by atoms with Crippen molar-refractivity contribution in [2.24, 2.45) is 5.84 Å². The Morgan fingerprint density at radius 1 is 1.47 bits per heavy atom. The molecule has 1 aromatic rings. The molecular formula is C13H23N5O. The minimum absolute atomic E-state index is 0.314. The van der Waals surface area contributed by atoms with Gasteiger partial charge in [0.2, 0.25) is 0 Å². The van der Waals surface area contributed by atoms with Gasteiger partial charge in [0.05, 0.1) is 6.10 Å². The van der Waals surface area contributed by atoms with Gasteiger partial charge in [0.25, 0.3) is 0 Å². The molecule has 106 valence electrons. The fourth-order valence-electron chi connectivity index (χ4n) is 2.30. The maximum absolute atomic E-state index is 5.69. The number of anilines is 2. The SMILES string of the molecule is CCc1nc(NN)cc(N(CC)CC2CCCO2)n1. The summed E-state index contributed by atoms with van der Waals surface area (Å²) >= 11 is 0. The van der Waals surface area contributed by atoms with Gasteiger partial charge >= 0.3 is 0 Å². The van der Waals surface area contributed by atoms with E-state index >= 15 is 0 Å². The molecule has 1 unspecified atom stereocenters. The van der Waals surface area contributed by atoms with E-state index in [9.17, 15) is 0 Å². The van der Waals surface area contributed by atoms with Gasteiger partial charge in [-0.05, 0) is 19.8 Å². The van der Waals surface area contributed by atoms with Crippen molar-refractivity contribution in [3.05, 3.63) is 11.9 Å². The number of aromatic nitrogens is 2. The third-order valence-electron chi connectivity index (χ3n) is 3.38. The molecule has 3 N–H and O–H groups in total. The summed E-state index contributed by atoms with van der Waals surface area (Å²) in [5.74, 6) is 7.84. The zero-order valence-electron chi connectivity index (χ0n) is 11.7. The minimum Gasteiger partial charge on any atom is -0.376 e. The number of hydrazine groups is 1. The number of hydrogen-bond acceptors (Lipinski definition) is 6. The van der Waals surface area contributed by atoms with Crippen molar-refractivity contribution in [3.63, 3.8) is 0 Å². The van der Waals surface area contributed by atoms with E-state index in [2.05, 4.69) is 27.2 Å². The lowest BCUT2D eigenvalue weighted by Crippen LogP contribution is -2.33. The highest BCUT2D eigenvalue weighted by Gasteiger charge is 2.20. The summed E-state index contributed by atoms with van der Waals surface area (Å²) in [5.41, 5.74) is 2.61. The molecule has 2 rings (SSSR count). The summed E-state index contributed by atoms with van der Waals surface area (Å²) in [7, 11) is 0. The van der Waals surface area contributed by atoms with Gasteiger partial charge in [0, 0.05) is 32.2 Å². The topological polar surface area (TPSA) is 76.3 Å². The van der Waals surface area contributed by atoms with Gasteiger partial charge < -0.3 is 15.1 Å². The molecule has 6 nitrogen and oxygen atoms in total. The van der Waals surface area contributed by atoms with Crippen molar-refractivity contribution in [2.45, 2.75) is 39.2 Å². The molecule has 0 aliphatic carbocycles. The summed E-state index contributed by atoms with van der Waals surface area (Å²) in [4.78, 5) is 11.1. The van der Waals surface area contributed by atoms with Gasteiger partial charge in [0.15, 0.2) is 0 Å². The number of nitrogens with zero attached hydrogens (tertiary/aromatic N) is 3. The molecule has 6 heteroatoms. The predicted octanol–water partition coefficient (Wildman–Crippen LogP) is 1.33. The molecule has 2 heterocycles. The van der Waals surface area contributed by atoms with Crippen molar-refractivity contribution in [2.75, 3.05) is 30.0 Å². The largest absolute Gasteiger partial charge is 0.376 e. The zero-order valence-corrected chi connectivity index (χ0v) is 11.7. The summed E-state index contributed by atoms with van der Waals surface area (Å²) < 4.78 is 5.69. The van der Waals surface area contributed by atoms with Crippen molar-refractivity contribution < 1.29 is 4.74 Å². The van der Waals surface area contributed by atoms with E-state index in [1.165, 1.54) is 0 Å². The number of likely N-dealkylation sites (N-methyl/N-ethyl adjacent to an activating group) is 1. The Labute approximate surface area is 114 Å². The molecule has 0 saturated carbocycles. The van der Waals surface area contributed by atoms with Crippen LogP contribution in [-0.2, 0) is 11.2 Å². The van der Waals surface area contributed by atoms with Crippen LogP contribution in [0.5, 0.6) is 0 Å². The van der Waals surface area contributed by atoms with Gasteiger partial charge in [-0.2, -0.15) is 0 Å². The van der Waals surface area contributed by atoms with Crippen LogP contribution in [-0.4, -0.2) is 35.8 Å². The maximum atomic E-state index is 5.69. The van der Waals surface area contributed by atoms with Gasteiger partial charge in [0.1, 0.15) is 17.5 Å². The molecule has 0 bridgehead atoms. The average Bonchev–Trinajstić information content (AvgIpc) is 2.97. The van der Waals surface area contributed by atoms with E-state index in [0.717, 1.165) is 50.6 Å². The second-order valence-corrected chi connectivity index (χ2v) is 4.70. The van der Waals surface area contributed by atoms with Crippen LogP contribution in [0.1, 0.15) is 32.5 Å². The van der Waals surface area contributed by atoms with Gasteiger partial charge in [-0.15, -0.1) is 0 Å². The summed E-state index contributed by atoms with van der Waals surface area (Å²) in [6.45, 7) is 6.81. The fraction of sp³-hybridized carbons (Fsp3) is 0.692. The standard InChI is InChI=1S/C13H23N5O/c1-3-11-15-12(17-14)8-13(16-11)18(4-2)9-10-6-5-7-19-10/h8,10H,3-7,9,14H2,1-2H3,(H,15,16,17). The van der Waals surface area contributed by atoms with Crippen molar-refractivity contribution in [1.82, 2.24) is 9.97 Å². The number of ether oxygens (including phenoxy) is 1. The monoisotopic (exact) mass is 265 g/mol. The van der Waals surface area contributed by atoms with Crippen LogP contribution in [0.4, 0.5) is 11.6 Å². The third-order valence-corrected chi connectivity index (χ3v) is 3.38. The molecule has 1 fully saturated rings. The summed E-state index contributed by atoms with van der Waals surface area (Å²) in [5, 5.41) is 0. The highest BCUT2D eigenvalue weighted by Crippen LogP contribution is 2.19. The number of aryl methyl sites for hydroxylation is 1. The van der Waals surface area contributed by atoms with Crippen LogP contribution in [0.25, 0.3) is 0 Å². The molecule has 0 amide bonds. The first kappa shape index (κ1) is 14.0. The normalized spacial score (nSPS) is 18.6. The van der Waals surface area contributed by atoms with Crippen LogP contribution in [0.2, 0.25) is 0 Å². The average molecular weight is 265 g/mol. The van der Waals surface area contributed by atoms with E-state index in [4.69, 9.17) is 10.6 Å². The highest BCUT2D eigenvalue weighted by molar-refractivity contribution is 5.49. The smallest absolute Gasteiger partial charge is 0.145 e. The number of nitrogens with one attached hydrogen (secondary N) is 1. The summed E-state index contributed by atoms with van der Waals surface area (Å²) in [6.07, 6.45) is 3.39. The Balaban J connectivity index is 2.15. The van der Waals surface area contributed by atoms with Crippen molar-refractivity contribution >= 4 is 11.6 Å². The second-order valence-electron chi connectivity index (χ2n) is 4.70. The molecule has 1 aliphatic heterocycles. The quantitative estimate of drug-likeness (QED) is 0.597. The van der Waals surface area contributed by atoms with Crippen LogP contribution in [0.15, 0.2) is 6.07 Å². The van der Waals surface area contributed by atoms with Crippen LogP contribution >= 0.6 is 0 Å². The molecule has 1 aliphatic rings. The van der Waals surface area contributed by atoms with Crippen LogP contribution in [0, 0.1) is 0 Å². The van der Waals surface area contributed by atoms with Gasteiger partial charge in [-0.25, -0.2) is 15.8 Å². The number of nitrogens with two attached hydrogens (primary N) is 1. The fourth-order valence-corrected chi connectivity index (χ4v) is 2.30. The Morgan fingerprint density at radius 2 is 2.32 bits per heavy atom. The van der Waals surface area contributed by atoms with Gasteiger partial charge in [-0.1, -0.05) is 6.92 Å². The van der Waals surface area contributed by atoms with E-state index < -0.39 is 0 Å². The summed E-state index contributed by atoms with van der Waals surface area (Å²) in [6, 6.07) is 1.89. The first-order valence-electron chi connectivity index (χ1n) is 6.98. The molecule has 0 aromatic carbocycles. The first-order valence-corrected chi connectivity index (χ1v) is 6.98. The number of hydrogen-bond donors (Lipinski definition) is 2. The Hall–Kier alpha value is -1.40. The molecule has 19 heavy (non-hydrogen) atoms. The maximum Gasteiger partial charge on any atom is 0.145 e. The van der Waals surface area contributed by atoms with Crippen LogP contribution < -0.4 is 16.2 Å². The second kappa shape index (κ2) is 6.68. The Bertz CT molecular complexity index is 384. The molecule has 1 aromatic heterocycles. The highest BCUT2D eigenvalue weighted by atomic mass is 16.5. The van der Waals surface area contributed by atoms with Crippen molar-refractivity contribution in [1.29, 1.82) is 0 Å². The third kappa shape index (κ3) is 3.54. The molecule has 0 radical (unpaired) electrons. The van der Waals surface area contributed by atoms with E-state index in [1.807, 2.05) is 13.0 Å². The van der Waals surface area contributed by atoms with E-state index in [0.29, 0.717) is 11.9 Å². The Kier molecular flexibility index (Phi) is 4.93. The molecule has 1 saturated heterocycles.